The first-order valence-electron chi connectivity index (χ1n) is 5.38. The fraction of sp³-hybridized carbons (Fsp3) is 0.636. The van der Waals surface area contributed by atoms with E-state index in [1.54, 1.807) is 12.4 Å². The molecule has 0 amide bonds. The van der Waals surface area contributed by atoms with Crippen LogP contribution in [0.4, 0.5) is 5.82 Å². The van der Waals surface area contributed by atoms with Crippen molar-refractivity contribution in [3.8, 4) is 0 Å². The molecule has 0 saturated carbocycles. The van der Waals surface area contributed by atoms with Gasteiger partial charge in [-0.1, -0.05) is 13.3 Å². The van der Waals surface area contributed by atoms with Gasteiger partial charge in [0.15, 0.2) is 0 Å². The normalized spacial score (nSPS) is 10.3. The molecule has 15 heavy (non-hydrogen) atoms. The number of hydrogen-bond donors (Lipinski definition) is 0. The van der Waals surface area contributed by atoms with Crippen molar-refractivity contribution in [1.29, 1.82) is 0 Å². The highest BCUT2D eigenvalue weighted by molar-refractivity contribution is 6.18. The zero-order valence-electron chi connectivity index (χ0n) is 9.41. The molecule has 0 aliphatic rings. The fourth-order valence-corrected chi connectivity index (χ4v) is 1.69. The maximum atomic E-state index is 5.79. The Bertz CT molecular complexity index is 291. The summed E-state index contributed by atoms with van der Waals surface area (Å²) in [5, 5.41) is 0. The fourth-order valence-electron chi connectivity index (χ4n) is 1.49. The van der Waals surface area contributed by atoms with Crippen LogP contribution in [-0.4, -0.2) is 28.9 Å². The van der Waals surface area contributed by atoms with E-state index in [9.17, 15) is 0 Å². The predicted molar refractivity (Wildman–Crippen MR) is 64.6 cm³/mol. The Morgan fingerprint density at radius 3 is 2.60 bits per heavy atom. The summed E-state index contributed by atoms with van der Waals surface area (Å²) in [7, 11) is 0. The van der Waals surface area contributed by atoms with E-state index < -0.39 is 0 Å². The van der Waals surface area contributed by atoms with Gasteiger partial charge < -0.3 is 4.90 Å². The van der Waals surface area contributed by atoms with Crippen molar-refractivity contribution in [2.75, 3.05) is 23.9 Å². The lowest BCUT2D eigenvalue weighted by atomic mass is 10.3. The van der Waals surface area contributed by atoms with Crippen molar-refractivity contribution in [2.24, 2.45) is 0 Å². The molecule has 0 spiro atoms. The Morgan fingerprint density at radius 1 is 1.27 bits per heavy atom. The van der Waals surface area contributed by atoms with Crippen LogP contribution < -0.4 is 4.90 Å². The van der Waals surface area contributed by atoms with Crippen molar-refractivity contribution in [3.05, 3.63) is 18.1 Å². The van der Waals surface area contributed by atoms with Crippen LogP contribution in [0.15, 0.2) is 12.4 Å². The first kappa shape index (κ1) is 12.2. The molecular formula is C11H18ClN3. The average Bonchev–Trinajstić information content (AvgIpc) is 2.25. The van der Waals surface area contributed by atoms with Crippen molar-refractivity contribution >= 4 is 17.4 Å². The number of aromatic nitrogens is 2. The van der Waals surface area contributed by atoms with Crippen molar-refractivity contribution in [2.45, 2.75) is 26.7 Å². The van der Waals surface area contributed by atoms with Gasteiger partial charge in [-0.25, -0.2) is 4.98 Å². The molecule has 0 aromatic carbocycles. The third-order valence-corrected chi connectivity index (χ3v) is 2.46. The highest BCUT2D eigenvalue weighted by Crippen LogP contribution is 2.14. The minimum atomic E-state index is 0.625. The zero-order chi connectivity index (χ0) is 11.1. The number of hydrogen-bond acceptors (Lipinski definition) is 3. The third-order valence-electron chi connectivity index (χ3n) is 2.29. The smallest absolute Gasteiger partial charge is 0.150 e. The molecule has 0 atom stereocenters. The SMILES string of the molecule is CCCCN(CCCl)c1nccnc1C. The number of halogens is 1. The molecule has 0 unspecified atom stereocenters. The molecule has 1 rings (SSSR count). The lowest BCUT2D eigenvalue weighted by Crippen LogP contribution is -2.28. The van der Waals surface area contributed by atoms with Crippen LogP contribution in [0.5, 0.6) is 0 Å². The molecule has 0 aliphatic heterocycles. The zero-order valence-corrected chi connectivity index (χ0v) is 10.2. The van der Waals surface area contributed by atoms with Gasteiger partial charge in [0.2, 0.25) is 0 Å². The van der Waals surface area contributed by atoms with E-state index in [1.165, 1.54) is 6.42 Å². The van der Waals surface area contributed by atoms with Crippen LogP contribution in [0.1, 0.15) is 25.5 Å². The number of nitrogens with zero attached hydrogens (tertiary/aromatic N) is 3. The van der Waals surface area contributed by atoms with Gasteiger partial charge >= 0.3 is 0 Å². The van der Waals surface area contributed by atoms with Gasteiger partial charge in [0, 0.05) is 31.4 Å². The Kier molecular flexibility index (Phi) is 5.40. The van der Waals surface area contributed by atoms with Crippen LogP contribution in [-0.2, 0) is 0 Å². The summed E-state index contributed by atoms with van der Waals surface area (Å²) in [6, 6.07) is 0. The molecule has 4 heteroatoms. The Labute approximate surface area is 96.5 Å². The van der Waals surface area contributed by atoms with Gasteiger partial charge in [-0.05, 0) is 13.3 Å². The lowest BCUT2D eigenvalue weighted by Gasteiger charge is -2.23. The first-order valence-corrected chi connectivity index (χ1v) is 5.91. The van der Waals surface area contributed by atoms with E-state index in [4.69, 9.17) is 11.6 Å². The second kappa shape index (κ2) is 6.62. The Morgan fingerprint density at radius 2 is 2.00 bits per heavy atom. The number of unbranched alkanes of at least 4 members (excludes halogenated alkanes) is 1. The molecular weight excluding hydrogens is 210 g/mol. The van der Waals surface area contributed by atoms with Gasteiger partial charge in [0.05, 0.1) is 5.69 Å². The van der Waals surface area contributed by atoms with Gasteiger partial charge in [0.1, 0.15) is 5.82 Å². The molecule has 1 aromatic heterocycles. The summed E-state index contributed by atoms with van der Waals surface area (Å²) in [4.78, 5) is 10.8. The summed E-state index contributed by atoms with van der Waals surface area (Å²) in [6.45, 7) is 6.00. The molecule has 0 saturated heterocycles. The molecule has 0 radical (unpaired) electrons. The highest BCUT2D eigenvalue weighted by atomic mass is 35.5. The van der Waals surface area contributed by atoms with Crippen LogP contribution in [0.3, 0.4) is 0 Å². The van der Waals surface area contributed by atoms with Gasteiger partial charge in [-0.2, -0.15) is 0 Å². The molecule has 84 valence electrons. The van der Waals surface area contributed by atoms with Crippen LogP contribution in [0.2, 0.25) is 0 Å². The second-order valence-electron chi connectivity index (χ2n) is 3.49. The molecule has 0 bridgehead atoms. The molecule has 0 fully saturated rings. The van der Waals surface area contributed by atoms with Gasteiger partial charge in [-0.15, -0.1) is 11.6 Å². The Balaban J connectivity index is 2.74. The predicted octanol–water partition coefficient (Wildman–Crippen LogP) is 2.63. The molecule has 0 aliphatic carbocycles. The third kappa shape index (κ3) is 3.67. The minimum Gasteiger partial charge on any atom is -0.354 e. The van der Waals surface area contributed by atoms with Crippen molar-refractivity contribution in [1.82, 2.24) is 9.97 Å². The second-order valence-corrected chi connectivity index (χ2v) is 3.87. The van der Waals surface area contributed by atoms with E-state index in [-0.39, 0.29) is 0 Å². The van der Waals surface area contributed by atoms with Crippen molar-refractivity contribution in [3.63, 3.8) is 0 Å². The van der Waals surface area contributed by atoms with E-state index in [0.29, 0.717) is 5.88 Å². The summed E-state index contributed by atoms with van der Waals surface area (Å²) >= 11 is 5.79. The lowest BCUT2D eigenvalue weighted by molar-refractivity contribution is 0.721. The number of rotatable bonds is 6. The molecule has 3 nitrogen and oxygen atoms in total. The van der Waals surface area contributed by atoms with Crippen molar-refractivity contribution < 1.29 is 0 Å². The summed E-state index contributed by atoms with van der Waals surface area (Å²) in [5.41, 5.74) is 0.971. The highest BCUT2D eigenvalue weighted by Gasteiger charge is 2.09. The van der Waals surface area contributed by atoms with E-state index in [2.05, 4.69) is 21.8 Å². The van der Waals surface area contributed by atoms with Crippen LogP contribution in [0, 0.1) is 6.92 Å². The summed E-state index contributed by atoms with van der Waals surface area (Å²) in [6.07, 6.45) is 5.79. The number of alkyl halides is 1. The maximum absolute atomic E-state index is 5.79. The van der Waals surface area contributed by atoms with Gasteiger partial charge in [-0.3, -0.25) is 4.98 Å². The maximum Gasteiger partial charge on any atom is 0.150 e. The van der Waals surface area contributed by atoms with Crippen LogP contribution >= 0.6 is 11.6 Å². The van der Waals surface area contributed by atoms with E-state index in [0.717, 1.165) is 31.0 Å². The minimum absolute atomic E-state index is 0.625. The summed E-state index contributed by atoms with van der Waals surface area (Å²) < 4.78 is 0. The standard InChI is InChI=1S/C11H18ClN3/c1-3-4-8-15(9-5-12)11-10(2)13-6-7-14-11/h6-7H,3-5,8-9H2,1-2H3. The van der Waals surface area contributed by atoms with E-state index >= 15 is 0 Å². The quantitative estimate of drug-likeness (QED) is 0.700. The van der Waals surface area contributed by atoms with Crippen LogP contribution in [0.25, 0.3) is 0 Å². The molecule has 0 N–H and O–H groups in total. The first-order chi connectivity index (χ1) is 7.29. The monoisotopic (exact) mass is 227 g/mol. The number of aryl methyl sites for hydroxylation is 1. The molecule has 1 aromatic rings. The largest absolute Gasteiger partial charge is 0.354 e. The topological polar surface area (TPSA) is 29.0 Å². The molecule has 1 heterocycles. The summed E-state index contributed by atoms with van der Waals surface area (Å²) in [5.74, 6) is 1.59. The van der Waals surface area contributed by atoms with Gasteiger partial charge in [0.25, 0.3) is 0 Å². The Hall–Kier alpha value is -0.830. The number of anilines is 1. The van der Waals surface area contributed by atoms with E-state index in [1.807, 2.05) is 6.92 Å². The average molecular weight is 228 g/mol.